The molecule has 0 unspecified atom stereocenters. The summed E-state index contributed by atoms with van der Waals surface area (Å²) in [5.41, 5.74) is 2.96. The highest BCUT2D eigenvalue weighted by atomic mass is 32.2. The number of amides is 2. The van der Waals surface area contributed by atoms with E-state index in [0.29, 0.717) is 38.0 Å². The molecule has 1 aliphatic carbocycles. The number of ether oxygens (including phenoxy) is 2. The zero-order chi connectivity index (χ0) is 32.1. The van der Waals surface area contributed by atoms with Crippen LogP contribution in [0.15, 0.2) is 53.4 Å². The highest BCUT2D eigenvalue weighted by Gasteiger charge is 2.52. The minimum atomic E-state index is -4.16. The fraction of sp³-hybridized carbons (Fsp3) is 0.455. The first kappa shape index (κ1) is 30.8. The van der Waals surface area contributed by atoms with Gasteiger partial charge in [-0.1, -0.05) is 45.0 Å². The molecule has 45 heavy (non-hydrogen) atoms. The highest BCUT2D eigenvalue weighted by molar-refractivity contribution is 7.92. The molecule has 1 saturated heterocycles. The van der Waals surface area contributed by atoms with Crippen LogP contribution in [0.5, 0.6) is 5.88 Å². The molecule has 3 heterocycles. The molecule has 4 bridgehead atoms. The number of hydrogen-bond acceptors (Lipinski definition) is 8. The molecule has 1 aromatic heterocycles. The van der Waals surface area contributed by atoms with Crippen LogP contribution in [0, 0.1) is 19.3 Å². The van der Waals surface area contributed by atoms with Crippen LogP contribution < -0.4 is 14.8 Å². The molecule has 2 N–H and O–H groups in total. The van der Waals surface area contributed by atoms with Gasteiger partial charge in [-0.2, -0.15) is 4.98 Å². The molecule has 2 aromatic carbocycles. The summed E-state index contributed by atoms with van der Waals surface area (Å²) in [6.07, 6.45) is 1.93. The molecule has 3 aromatic rings. The van der Waals surface area contributed by atoms with Crippen LogP contribution in [-0.2, 0) is 14.8 Å². The number of nitrogens with zero attached hydrogens (tertiary/aromatic N) is 3. The summed E-state index contributed by atoms with van der Waals surface area (Å²) >= 11 is 0. The number of carbonyl (C=O) groups excluding carboxylic acids is 2. The molecule has 238 valence electrons. The standard InChI is InChI=1S/C33H39N5O6S/c1-20-8-6-9-21(2)28(20)26-15-27-35-30(34-26)37-45(41,42)25-11-7-10-22(14-25)29(39)38(24(19-44-27)16-32(3,4)5)23-17-33(18-23)12-13-43-31(40)36-33/h6-11,14-15,23-24H,12-13,16-19H2,1-5H3,(H,36,40)(H,34,35,37)/t23?,24-,33?/m1/s1. The maximum Gasteiger partial charge on any atom is 0.407 e. The van der Waals surface area contributed by atoms with Crippen LogP contribution in [0.2, 0.25) is 0 Å². The van der Waals surface area contributed by atoms with Gasteiger partial charge in [-0.15, -0.1) is 0 Å². The zero-order valence-corrected chi connectivity index (χ0v) is 27.0. The van der Waals surface area contributed by atoms with Crippen molar-refractivity contribution >= 4 is 28.0 Å². The Balaban J connectivity index is 1.46. The van der Waals surface area contributed by atoms with E-state index in [1.165, 1.54) is 12.1 Å². The lowest BCUT2D eigenvalue weighted by Gasteiger charge is -2.55. The third-order valence-electron chi connectivity index (χ3n) is 8.78. The summed E-state index contributed by atoms with van der Waals surface area (Å²) in [7, 11) is -4.16. The van der Waals surface area contributed by atoms with Crippen LogP contribution in [0.1, 0.15) is 67.9 Å². The number of fused-ring (bicyclic) bond motifs is 4. The quantitative estimate of drug-likeness (QED) is 0.400. The number of cyclic esters (lactones) is 1. The van der Waals surface area contributed by atoms with Crippen molar-refractivity contribution in [3.8, 4) is 17.1 Å². The van der Waals surface area contributed by atoms with Crippen LogP contribution in [0.4, 0.5) is 10.7 Å². The molecule has 12 heteroatoms. The SMILES string of the molecule is Cc1cccc(C)c1-c1cc2nc(n1)NS(=O)(=O)c1cccc(c1)C(=O)N(C1CC3(CCOC(=O)N3)C1)[C@H](CC(C)(C)C)CO2. The summed E-state index contributed by atoms with van der Waals surface area (Å²) in [4.78, 5) is 37.3. The first-order valence-corrected chi connectivity index (χ1v) is 16.7. The topological polar surface area (TPSA) is 140 Å². The maximum atomic E-state index is 14.4. The van der Waals surface area contributed by atoms with Crippen molar-refractivity contribution in [3.05, 3.63) is 65.2 Å². The number of hydrogen-bond donors (Lipinski definition) is 2. The van der Waals surface area contributed by atoms with E-state index in [1.807, 2.05) is 36.9 Å². The van der Waals surface area contributed by atoms with E-state index in [2.05, 4.69) is 40.8 Å². The molecule has 2 aliphatic heterocycles. The number of aromatic nitrogens is 2. The molecule has 2 amide bonds. The summed E-state index contributed by atoms with van der Waals surface area (Å²) in [5, 5.41) is 2.97. The molecule has 11 nitrogen and oxygen atoms in total. The Hall–Kier alpha value is -4.19. The smallest absolute Gasteiger partial charge is 0.407 e. The van der Waals surface area contributed by atoms with Gasteiger partial charge in [0, 0.05) is 29.7 Å². The molecule has 3 aliphatic rings. The Kier molecular flexibility index (Phi) is 7.75. The van der Waals surface area contributed by atoms with Crippen LogP contribution in [0.25, 0.3) is 11.3 Å². The molecular weight excluding hydrogens is 594 g/mol. The Morgan fingerprint density at radius 3 is 2.40 bits per heavy atom. The average Bonchev–Trinajstić information content (AvgIpc) is 2.94. The lowest BCUT2D eigenvalue weighted by atomic mass is 9.68. The van der Waals surface area contributed by atoms with E-state index in [0.717, 1.165) is 16.7 Å². The zero-order valence-electron chi connectivity index (χ0n) is 26.2. The molecule has 6 rings (SSSR count). The van der Waals surface area contributed by atoms with E-state index in [9.17, 15) is 18.0 Å². The van der Waals surface area contributed by atoms with Crippen molar-refractivity contribution in [1.29, 1.82) is 0 Å². The van der Waals surface area contributed by atoms with E-state index in [-0.39, 0.29) is 52.3 Å². The van der Waals surface area contributed by atoms with E-state index in [4.69, 9.17) is 9.47 Å². The van der Waals surface area contributed by atoms with Gasteiger partial charge in [-0.05, 0) is 67.9 Å². The predicted molar refractivity (Wildman–Crippen MR) is 169 cm³/mol. The summed E-state index contributed by atoms with van der Waals surface area (Å²) in [6.45, 7) is 10.7. The lowest BCUT2D eigenvalue weighted by molar-refractivity contribution is -0.0254. The van der Waals surface area contributed by atoms with Gasteiger partial charge in [0.2, 0.25) is 11.8 Å². The summed E-state index contributed by atoms with van der Waals surface area (Å²) < 4.78 is 41.2. The molecule has 1 spiro atoms. The normalized spacial score (nSPS) is 24.5. The minimum absolute atomic E-state index is 0.0785. The summed E-state index contributed by atoms with van der Waals surface area (Å²) in [5.74, 6) is -0.225. The van der Waals surface area contributed by atoms with E-state index in [1.54, 1.807) is 18.2 Å². The van der Waals surface area contributed by atoms with Crippen molar-refractivity contribution < 1.29 is 27.5 Å². The number of nitrogens with one attached hydrogen (secondary N) is 2. The largest absolute Gasteiger partial charge is 0.475 e. The van der Waals surface area contributed by atoms with E-state index >= 15 is 0 Å². The molecule has 2 fully saturated rings. The predicted octanol–water partition coefficient (Wildman–Crippen LogP) is 5.23. The first-order valence-electron chi connectivity index (χ1n) is 15.2. The maximum absolute atomic E-state index is 14.4. The summed E-state index contributed by atoms with van der Waals surface area (Å²) in [6, 6.07) is 13.0. The number of anilines is 1. The number of rotatable bonds is 3. The molecule has 1 atom stereocenters. The first-order chi connectivity index (χ1) is 21.2. The Bertz CT molecular complexity index is 1740. The van der Waals surface area contributed by atoms with Crippen molar-refractivity contribution in [3.63, 3.8) is 0 Å². The van der Waals surface area contributed by atoms with Gasteiger partial charge in [0.05, 0.1) is 28.8 Å². The van der Waals surface area contributed by atoms with Gasteiger partial charge in [0.1, 0.15) is 6.61 Å². The third-order valence-corrected chi connectivity index (χ3v) is 10.1. The van der Waals surface area contributed by atoms with Crippen molar-refractivity contribution in [2.45, 2.75) is 82.8 Å². The number of alkyl carbamates (subject to hydrolysis) is 1. The number of aryl methyl sites for hydroxylation is 2. The number of sulfonamides is 1. The van der Waals surface area contributed by atoms with Crippen molar-refractivity contribution in [1.82, 2.24) is 20.2 Å². The van der Waals surface area contributed by atoms with Gasteiger partial charge in [-0.25, -0.2) is 22.9 Å². The second-order valence-corrected chi connectivity index (χ2v) is 15.3. The van der Waals surface area contributed by atoms with Crippen LogP contribution in [-0.4, -0.2) is 66.1 Å². The third kappa shape index (κ3) is 6.33. The van der Waals surface area contributed by atoms with Gasteiger partial charge in [-0.3, -0.25) is 4.79 Å². The minimum Gasteiger partial charge on any atom is -0.475 e. The van der Waals surface area contributed by atoms with Gasteiger partial charge in [0.15, 0.2) is 0 Å². The van der Waals surface area contributed by atoms with Crippen LogP contribution >= 0.6 is 0 Å². The second-order valence-electron chi connectivity index (χ2n) is 13.6. The fourth-order valence-electron chi connectivity index (χ4n) is 6.77. The Morgan fingerprint density at radius 1 is 1.00 bits per heavy atom. The fourth-order valence-corrected chi connectivity index (χ4v) is 7.76. The second kappa shape index (κ2) is 11.3. The van der Waals surface area contributed by atoms with Crippen molar-refractivity contribution in [2.75, 3.05) is 17.9 Å². The highest BCUT2D eigenvalue weighted by Crippen LogP contribution is 2.43. The molecular formula is C33H39N5O6S. The van der Waals surface area contributed by atoms with E-state index < -0.39 is 21.7 Å². The monoisotopic (exact) mass is 633 g/mol. The number of benzene rings is 2. The van der Waals surface area contributed by atoms with Crippen LogP contribution in [0.3, 0.4) is 0 Å². The van der Waals surface area contributed by atoms with Gasteiger partial charge in [0.25, 0.3) is 15.9 Å². The Labute approximate surface area is 263 Å². The van der Waals surface area contributed by atoms with Crippen molar-refractivity contribution in [2.24, 2.45) is 5.41 Å². The average molecular weight is 634 g/mol. The van der Waals surface area contributed by atoms with Gasteiger partial charge < -0.3 is 19.7 Å². The lowest BCUT2D eigenvalue weighted by Crippen LogP contribution is -2.68. The number of carbonyl (C=O) groups is 2. The Morgan fingerprint density at radius 2 is 1.71 bits per heavy atom. The van der Waals surface area contributed by atoms with Gasteiger partial charge >= 0.3 is 6.09 Å². The molecule has 1 saturated carbocycles. The molecule has 0 radical (unpaired) electrons.